The third kappa shape index (κ3) is 5.14. The van der Waals surface area contributed by atoms with Gasteiger partial charge in [-0.05, 0) is 48.0 Å². The number of benzene rings is 3. The molecule has 0 bridgehead atoms. The molecule has 198 valence electrons. The summed E-state index contributed by atoms with van der Waals surface area (Å²) in [7, 11) is 1.67. The summed E-state index contributed by atoms with van der Waals surface area (Å²) in [4.78, 5) is 6.75. The number of morpholine rings is 1. The Bertz CT molecular complexity index is 1610. The molecule has 2 N–H and O–H groups in total. The Balaban J connectivity index is 1.51. The van der Waals surface area contributed by atoms with Crippen LogP contribution in [0.4, 0.5) is 5.82 Å². The van der Waals surface area contributed by atoms with Crippen LogP contribution in [0.15, 0.2) is 79.1 Å². The van der Waals surface area contributed by atoms with Gasteiger partial charge >= 0.3 is 0 Å². The van der Waals surface area contributed by atoms with Gasteiger partial charge in [0.25, 0.3) is 0 Å². The molecule has 0 spiro atoms. The first-order valence-electron chi connectivity index (χ1n) is 12.7. The first kappa shape index (κ1) is 25.2. The highest BCUT2D eigenvalue weighted by Crippen LogP contribution is 2.41. The Morgan fingerprint density at radius 2 is 1.69 bits per heavy atom. The highest BCUT2D eigenvalue weighted by molar-refractivity contribution is 6.30. The van der Waals surface area contributed by atoms with Gasteiger partial charge in [0.1, 0.15) is 29.1 Å². The average molecular weight is 542 g/mol. The van der Waals surface area contributed by atoms with Crippen LogP contribution in [-0.4, -0.2) is 52.9 Å². The average Bonchev–Trinajstić information content (AvgIpc) is 3.29. The molecule has 39 heavy (non-hydrogen) atoms. The number of hydrogen-bond donors (Lipinski definition) is 1. The Morgan fingerprint density at radius 3 is 2.46 bits per heavy atom. The minimum absolute atomic E-state index is 0.414. The van der Waals surface area contributed by atoms with E-state index >= 15 is 0 Å². The minimum Gasteiger partial charge on any atom is -0.497 e. The molecule has 0 aliphatic carbocycles. The molecule has 1 aliphatic heterocycles. The second kappa shape index (κ2) is 10.9. The summed E-state index contributed by atoms with van der Waals surface area (Å²) in [6, 6.07) is 23.3. The van der Waals surface area contributed by atoms with Crippen LogP contribution in [0.5, 0.6) is 17.2 Å². The number of methoxy groups -OCH3 is 1. The lowest BCUT2D eigenvalue weighted by Crippen LogP contribution is -2.35. The smallest absolute Gasteiger partial charge is 0.152 e. The Kier molecular flexibility index (Phi) is 7.06. The third-order valence-electron chi connectivity index (χ3n) is 6.86. The molecule has 0 atom stereocenters. The van der Waals surface area contributed by atoms with E-state index in [1.165, 1.54) is 6.33 Å². The molecule has 0 saturated carbocycles. The summed E-state index contributed by atoms with van der Waals surface area (Å²) >= 11 is 6.13. The number of fused-ring (bicyclic) bond motifs is 1. The van der Waals surface area contributed by atoms with Gasteiger partial charge in [-0.3, -0.25) is 4.90 Å². The van der Waals surface area contributed by atoms with E-state index in [-0.39, 0.29) is 0 Å². The van der Waals surface area contributed by atoms with Crippen molar-refractivity contribution >= 4 is 22.9 Å². The first-order valence-corrected chi connectivity index (χ1v) is 13.1. The van der Waals surface area contributed by atoms with Gasteiger partial charge in [0.2, 0.25) is 0 Å². The molecule has 5 aromatic rings. The second-order valence-electron chi connectivity index (χ2n) is 9.31. The summed E-state index contributed by atoms with van der Waals surface area (Å²) < 4.78 is 19.1. The number of nitrogens with two attached hydrogens (primary N) is 1. The van der Waals surface area contributed by atoms with Crippen LogP contribution in [-0.2, 0) is 11.3 Å². The molecule has 1 saturated heterocycles. The summed E-state index contributed by atoms with van der Waals surface area (Å²) in [5.41, 5.74) is 12.3. The fourth-order valence-electron chi connectivity index (χ4n) is 5.03. The lowest BCUT2D eigenvalue weighted by atomic mass is 9.97. The quantitative estimate of drug-likeness (QED) is 0.273. The standard InChI is InChI=1S/C30H28ClN5O3/c1-37-24-6-2-4-21(16-24)28-26(18-35-12-14-38-15-13-35)27(29-30(32)33-19-34-36(28)29)20-8-10-23(11-9-20)39-25-7-3-5-22(31)17-25/h2-11,16-17,19H,12-15,18H2,1H3,(H2,32,33,34). The number of hydrogen-bond acceptors (Lipinski definition) is 7. The van der Waals surface area contributed by atoms with Crippen LogP contribution < -0.4 is 15.2 Å². The number of anilines is 1. The molecule has 2 aromatic heterocycles. The summed E-state index contributed by atoms with van der Waals surface area (Å²) in [6.07, 6.45) is 1.50. The van der Waals surface area contributed by atoms with Crippen molar-refractivity contribution in [3.8, 4) is 39.6 Å². The van der Waals surface area contributed by atoms with Crippen LogP contribution in [0.25, 0.3) is 27.9 Å². The zero-order chi connectivity index (χ0) is 26.8. The Morgan fingerprint density at radius 1 is 0.923 bits per heavy atom. The first-order chi connectivity index (χ1) is 19.1. The van der Waals surface area contributed by atoms with Crippen molar-refractivity contribution in [3.63, 3.8) is 0 Å². The highest BCUT2D eigenvalue weighted by Gasteiger charge is 2.26. The Hall–Kier alpha value is -4.11. The minimum atomic E-state index is 0.414. The van der Waals surface area contributed by atoms with Gasteiger partial charge in [-0.2, -0.15) is 5.10 Å². The van der Waals surface area contributed by atoms with Crippen LogP contribution in [0.2, 0.25) is 5.02 Å². The van der Waals surface area contributed by atoms with Crippen LogP contribution in [0, 0.1) is 0 Å². The van der Waals surface area contributed by atoms with Gasteiger partial charge in [-0.25, -0.2) is 9.50 Å². The van der Waals surface area contributed by atoms with Crippen molar-refractivity contribution in [2.45, 2.75) is 6.54 Å². The molecule has 0 unspecified atom stereocenters. The predicted molar refractivity (Wildman–Crippen MR) is 152 cm³/mol. The van der Waals surface area contributed by atoms with Gasteiger partial charge in [-0.1, -0.05) is 41.9 Å². The van der Waals surface area contributed by atoms with Crippen molar-refractivity contribution in [3.05, 3.63) is 89.7 Å². The van der Waals surface area contributed by atoms with Gasteiger partial charge < -0.3 is 19.9 Å². The normalized spacial score (nSPS) is 14.0. The van der Waals surface area contributed by atoms with Crippen LogP contribution in [0.3, 0.4) is 0 Å². The number of nitrogen functional groups attached to an aromatic ring is 1. The van der Waals surface area contributed by atoms with Gasteiger partial charge in [0.15, 0.2) is 5.82 Å². The summed E-state index contributed by atoms with van der Waals surface area (Å²) in [6.45, 7) is 3.80. The maximum Gasteiger partial charge on any atom is 0.152 e. The van der Waals surface area contributed by atoms with E-state index in [9.17, 15) is 0 Å². The number of aromatic nitrogens is 3. The lowest BCUT2D eigenvalue weighted by molar-refractivity contribution is 0.0343. The highest BCUT2D eigenvalue weighted by atomic mass is 35.5. The zero-order valence-electron chi connectivity index (χ0n) is 21.5. The molecular weight excluding hydrogens is 514 g/mol. The van der Waals surface area contributed by atoms with Gasteiger partial charge in [0, 0.05) is 41.3 Å². The predicted octanol–water partition coefficient (Wildman–Crippen LogP) is 5.93. The van der Waals surface area contributed by atoms with E-state index in [0.29, 0.717) is 42.1 Å². The van der Waals surface area contributed by atoms with E-state index in [0.717, 1.165) is 52.3 Å². The van der Waals surface area contributed by atoms with Gasteiger partial charge in [0.05, 0.1) is 26.0 Å². The largest absolute Gasteiger partial charge is 0.497 e. The molecule has 9 heteroatoms. The summed E-state index contributed by atoms with van der Waals surface area (Å²) in [5, 5.41) is 5.28. The van der Waals surface area contributed by atoms with Crippen molar-refractivity contribution < 1.29 is 14.2 Å². The maximum absolute atomic E-state index is 6.52. The molecular formula is C30H28ClN5O3. The number of rotatable bonds is 7. The molecule has 0 amide bonds. The third-order valence-corrected chi connectivity index (χ3v) is 7.09. The SMILES string of the molecule is COc1cccc(-c2c(CN3CCOCC3)c(-c3ccc(Oc4cccc(Cl)c4)cc3)c3c(N)ncnn23)c1. The van der Waals surface area contributed by atoms with E-state index in [1.54, 1.807) is 13.2 Å². The van der Waals surface area contributed by atoms with Gasteiger partial charge in [-0.15, -0.1) is 0 Å². The van der Waals surface area contributed by atoms with E-state index in [2.05, 4.69) is 21.0 Å². The molecule has 1 fully saturated rings. The fourth-order valence-corrected chi connectivity index (χ4v) is 5.21. The number of nitrogens with zero attached hydrogens (tertiary/aromatic N) is 4. The second-order valence-corrected chi connectivity index (χ2v) is 9.75. The lowest BCUT2D eigenvalue weighted by Gasteiger charge is -2.27. The molecule has 3 aromatic carbocycles. The zero-order valence-corrected chi connectivity index (χ0v) is 22.3. The van der Waals surface area contributed by atoms with Crippen LogP contribution in [0.1, 0.15) is 5.56 Å². The van der Waals surface area contributed by atoms with E-state index in [4.69, 9.17) is 31.5 Å². The Labute approximate surface area is 231 Å². The molecule has 0 radical (unpaired) electrons. The fraction of sp³-hybridized carbons (Fsp3) is 0.200. The van der Waals surface area contributed by atoms with Crippen LogP contribution >= 0.6 is 11.6 Å². The molecule has 8 nitrogen and oxygen atoms in total. The van der Waals surface area contributed by atoms with Crippen molar-refractivity contribution in [2.75, 3.05) is 39.1 Å². The van der Waals surface area contributed by atoms with Crippen molar-refractivity contribution in [2.24, 2.45) is 0 Å². The molecule has 1 aliphatic rings. The maximum atomic E-state index is 6.52. The molecule has 3 heterocycles. The van der Waals surface area contributed by atoms with Crippen molar-refractivity contribution in [1.29, 1.82) is 0 Å². The monoisotopic (exact) mass is 541 g/mol. The number of ether oxygens (including phenoxy) is 3. The topological polar surface area (TPSA) is 87.1 Å². The van der Waals surface area contributed by atoms with E-state index < -0.39 is 0 Å². The number of halogens is 1. The van der Waals surface area contributed by atoms with E-state index in [1.807, 2.05) is 65.2 Å². The summed E-state index contributed by atoms with van der Waals surface area (Å²) in [5.74, 6) is 2.56. The van der Waals surface area contributed by atoms with Crippen molar-refractivity contribution in [1.82, 2.24) is 19.5 Å². The molecule has 6 rings (SSSR count).